The molecule has 1 aliphatic rings. The average molecular weight is 505 g/mol. The van der Waals surface area contributed by atoms with Crippen LogP contribution in [0.4, 0.5) is 10.1 Å². The van der Waals surface area contributed by atoms with Gasteiger partial charge < -0.3 is 15.8 Å². The van der Waals surface area contributed by atoms with Gasteiger partial charge in [-0.2, -0.15) is 0 Å². The van der Waals surface area contributed by atoms with Crippen LogP contribution in [0.1, 0.15) is 42.5 Å². The van der Waals surface area contributed by atoms with E-state index in [0.717, 1.165) is 55.1 Å². The zero-order valence-electron chi connectivity index (χ0n) is 19.6. The smallest absolute Gasteiger partial charge is 0.156 e. The molecule has 0 aliphatic carbocycles. The summed E-state index contributed by atoms with van der Waals surface area (Å²) in [7, 11) is -1.35. The van der Waals surface area contributed by atoms with Crippen molar-refractivity contribution in [3.63, 3.8) is 0 Å². The number of rotatable bonds is 12. The van der Waals surface area contributed by atoms with Crippen LogP contribution in [0.3, 0.4) is 0 Å². The van der Waals surface area contributed by atoms with Gasteiger partial charge in [0.1, 0.15) is 11.0 Å². The van der Waals surface area contributed by atoms with Crippen LogP contribution in [0.2, 0.25) is 0 Å². The molecule has 3 rings (SSSR count). The lowest BCUT2D eigenvalue weighted by Gasteiger charge is -2.21. The van der Waals surface area contributed by atoms with Gasteiger partial charge in [-0.15, -0.1) is 11.3 Å². The van der Waals surface area contributed by atoms with Gasteiger partial charge in [0, 0.05) is 17.5 Å². The van der Waals surface area contributed by atoms with Crippen molar-refractivity contribution in [1.82, 2.24) is 10.3 Å². The number of aliphatic imine (C=N–C) groups is 2. The standard InChI is InChI=1S/C24H33FN6OS2/c1-3-15-34(32)31-19-6-4-5-18(22(19)25)23-24(20(29-16-26)11-12-27-2)33-21(30-23)8-7-17-9-13-28-14-10-17/h4-6,11-12,17,28,31H,2-3,7-10,13-16,26H2,1H3/b12-11-,29-20+. The van der Waals surface area contributed by atoms with Crippen molar-refractivity contribution < 1.29 is 8.60 Å². The van der Waals surface area contributed by atoms with Crippen LogP contribution in [-0.2, 0) is 17.4 Å². The number of nitrogens with zero attached hydrogens (tertiary/aromatic N) is 3. The maximum atomic E-state index is 15.6. The van der Waals surface area contributed by atoms with E-state index in [0.29, 0.717) is 28.6 Å². The minimum Gasteiger partial charge on any atom is -0.317 e. The van der Waals surface area contributed by atoms with E-state index in [1.807, 2.05) is 6.92 Å². The van der Waals surface area contributed by atoms with E-state index in [4.69, 9.17) is 10.7 Å². The van der Waals surface area contributed by atoms with Crippen LogP contribution >= 0.6 is 11.3 Å². The molecule has 1 atom stereocenters. The van der Waals surface area contributed by atoms with Crippen molar-refractivity contribution in [3.8, 4) is 11.3 Å². The monoisotopic (exact) mass is 504 g/mol. The summed E-state index contributed by atoms with van der Waals surface area (Å²) >= 11 is 1.50. The topological polar surface area (TPSA) is 105 Å². The van der Waals surface area contributed by atoms with E-state index in [1.165, 1.54) is 17.5 Å². The number of nitrogens with two attached hydrogens (primary N) is 1. The third-order valence-corrected chi connectivity index (χ3v) is 7.96. The van der Waals surface area contributed by atoms with Gasteiger partial charge in [0.25, 0.3) is 0 Å². The third kappa shape index (κ3) is 7.11. The SMILES string of the molecule is C=N/C=C\C(=N/CN)c1sc(CCC2CCNCC2)nc1-c1cccc(NS(=O)CCC)c1F. The van der Waals surface area contributed by atoms with Crippen molar-refractivity contribution in [3.05, 3.63) is 46.2 Å². The van der Waals surface area contributed by atoms with E-state index in [1.54, 1.807) is 24.3 Å². The lowest BCUT2D eigenvalue weighted by atomic mass is 9.93. The third-order valence-electron chi connectivity index (χ3n) is 5.60. The Labute approximate surface area is 207 Å². The summed E-state index contributed by atoms with van der Waals surface area (Å²) in [5.74, 6) is 0.622. The fourth-order valence-corrected chi connectivity index (χ4v) is 5.86. The molecule has 1 saturated heterocycles. The highest BCUT2D eigenvalue weighted by atomic mass is 32.2. The molecule has 1 aromatic carbocycles. The molecule has 4 N–H and O–H groups in total. The van der Waals surface area contributed by atoms with Gasteiger partial charge in [-0.25, -0.2) is 13.6 Å². The first-order valence-corrected chi connectivity index (χ1v) is 13.7. The summed E-state index contributed by atoms with van der Waals surface area (Å²) in [5.41, 5.74) is 7.34. The van der Waals surface area contributed by atoms with Crippen LogP contribution in [0.25, 0.3) is 11.3 Å². The number of hydrogen-bond donors (Lipinski definition) is 3. The predicted molar refractivity (Wildman–Crippen MR) is 143 cm³/mol. The molecule has 0 radical (unpaired) electrons. The Morgan fingerprint density at radius 2 is 2.24 bits per heavy atom. The summed E-state index contributed by atoms with van der Waals surface area (Å²) in [4.78, 5) is 13.8. The van der Waals surface area contributed by atoms with Crippen LogP contribution in [0.5, 0.6) is 0 Å². The number of allylic oxidation sites excluding steroid dienone is 1. The highest BCUT2D eigenvalue weighted by Gasteiger charge is 2.22. The minimum atomic E-state index is -1.35. The second-order valence-electron chi connectivity index (χ2n) is 8.06. The first-order valence-electron chi connectivity index (χ1n) is 11.6. The number of aryl methyl sites for hydroxylation is 1. The van der Waals surface area contributed by atoms with Crippen molar-refractivity contribution in [2.75, 3.05) is 30.2 Å². The largest absolute Gasteiger partial charge is 0.317 e. The molecule has 0 saturated carbocycles. The maximum absolute atomic E-state index is 15.6. The Balaban J connectivity index is 1.99. The zero-order chi connectivity index (χ0) is 24.3. The highest BCUT2D eigenvalue weighted by molar-refractivity contribution is 7.86. The molecule has 0 amide bonds. The molecule has 1 aliphatic heterocycles. The number of thiazole rings is 1. The van der Waals surface area contributed by atoms with E-state index >= 15 is 4.39 Å². The maximum Gasteiger partial charge on any atom is 0.156 e. The molecule has 2 heterocycles. The Morgan fingerprint density at radius 3 is 2.94 bits per heavy atom. The van der Waals surface area contributed by atoms with Gasteiger partial charge in [-0.3, -0.25) is 9.98 Å². The quantitative estimate of drug-likeness (QED) is 0.375. The van der Waals surface area contributed by atoms with Crippen LogP contribution in [0.15, 0.2) is 40.5 Å². The number of nitrogens with one attached hydrogen (secondary N) is 2. The van der Waals surface area contributed by atoms with Gasteiger partial charge in [0.2, 0.25) is 0 Å². The highest BCUT2D eigenvalue weighted by Crippen LogP contribution is 2.35. The Morgan fingerprint density at radius 1 is 1.44 bits per heavy atom. The molecular formula is C24H33FN6OS2. The number of halogens is 1. The fraction of sp³-hybridized carbons (Fsp3) is 0.458. The molecule has 1 aromatic heterocycles. The first-order chi connectivity index (χ1) is 16.6. The molecule has 0 spiro atoms. The second kappa shape index (κ2) is 13.6. The van der Waals surface area contributed by atoms with Crippen molar-refractivity contribution in [1.29, 1.82) is 0 Å². The second-order valence-corrected chi connectivity index (χ2v) is 10.4. The van der Waals surface area contributed by atoms with Crippen molar-refractivity contribution >= 4 is 40.4 Å². The normalized spacial score (nSPS) is 16.1. The number of piperidine rings is 1. The molecule has 0 bridgehead atoms. The van der Waals surface area contributed by atoms with Gasteiger partial charge in [-0.1, -0.05) is 13.0 Å². The molecular weight excluding hydrogens is 471 g/mol. The van der Waals surface area contributed by atoms with Crippen LogP contribution in [0, 0.1) is 11.7 Å². The summed E-state index contributed by atoms with van der Waals surface area (Å²) in [6.45, 7) is 7.60. The molecule has 2 aromatic rings. The molecule has 184 valence electrons. The number of benzene rings is 1. The van der Waals surface area contributed by atoms with Crippen molar-refractivity contribution in [2.24, 2.45) is 21.6 Å². The molecule has 10 heteroatoms. The minimum absolute atomic E-state index is 0.0820. The summed E-state index contributed by atoms with van der Waals surface area (Å²) in [6, 6.07) is 5.02. The molecule has 7 nitrogen and oxygen atoms in total. The van der Waals surface area contributed by atoms with Gasteiger partial charge >= 0.3 is 0 Å². The van der Waals surface area contributed by atoms with Gasteiger partial charge in [0.05, 0.1) is 33.6 Å². The first kappa shape index (κ1) is 26.3. The van der Waals surface area contributed by atoms with E-state index in [-0.39, 0.29) is 12.4 Å². The fourth-order valence-electron chi connectivity index (χ4n) is 3.90. The van der Waals surface area contributed by atoms with Crippen LogP contribution in [-0.4, -0.2) is 47.1 Å². The number of anilines is 1. The summed E-state index contributed by atoms with van der Waals surface area (Å²) < 4.78 is 30.5. The average Bonchev–Trinajstić information content (AvgIpc) is 3.26. The number of hydrogen-bond acceptors (Lipinski definition) is 7. The molecule has 1 unspecified atom stereocenters. The Kier molecular flexibility index (Phi) is 10.5. The molecule has 1 fully saturated rings. The van der Waals surface area contributed by atoms with Gasteiger partial charge in [-0.05, 0) is 76.0 Å². The number of aromatic nitrogens is 1. The summed E-state index contributed by atoms with van der Waals surface area (Å²) in [6.07, 6.45) is 8.17. The van der Waals surface area contributed by atoms with Crippen molar-refractivity contribution in [2.45, 2.75) is 39.0 Å². The zero-order valence-corrected chi connectivity index (χ0v) is 21.2. The summed E-state index contributed by atoms with van der Waals surface area (Å²) in [5, 5.41) is 4.33. The van der Waals surface area contributed by atoms with E-state index in [9.17, 15) is 4.21 Å². The molecule has 34 heavy (non-hydrogen) atoms. The Hall–Kier alpha value is -2.27. The van der Waals surface area contributed by atoms with E-state index in [2.05, 4.69) is 26.7 Å². The van der Waals surface area contributed by atoms with Gasteiger partial charge in [0.15, 0.2) is 5.82 Å². The lowest BCUT2D eigenvalue weighted by molar-refractivity contribution is 0.354. The Bertz CT molecular complexity index is 1050. The lowest BCUT2D eigenvalue weighted by Crippen LogP contribution is -2.27. The predicted octanol–water partition coefficient (Wildman–Crippen LogP) is 4.29. The van der Waals surface area contributed by atoms with Crippen LogP contribution < -0.4 is 15.8 Å². The van der Waals surface area contributed by atoms with E-state index < -0.39 is 16.8 Å².